The van der Waals surface area contributed by atoms with Crippen LogP contribution in [0, 0.1) is 5.92 Å². The number of aromatic nitrogens is 2. The topological polar surface area (TPSA) is 78.4 Å². The Kier molecular flexibility index (Phi) is 5.00. The van der Waals surface area contributed by atoms with Gasteiger partial charge in [-0.05, 0) is 36.6 Å². The molecule has 1 aromatic heterocycles. The predicted molar refractivity (Wildman–Crippen MR) is 102 cm³/mol. The van der Waals surface area contributed by atoms with Crippen LogP contribution in [0.2, 0.25) is 0 Å². The summed E-state index contributed by atoms with van der Waals surface area (Å²) in [5.74, 6) is 1.12. The van der Waals surface area contributed by atoms with Gasteiger partial charge < -0.3 is 15.1 Å². The third-order valence-corrected chi connectivity index (χ3v) is 4.99. The fraction of sp³-hybridized carbons (Fsp3) is 0.400. The molecular weight excluding hydrogens is 342 g/mol. The van der Waals surface area contributed by atoms with Crippen LogP contribution in [-0.4, -0.2) is 52.9 Å². The van der Waals surface area contributed by atoms with E-state index in [0.717, 1.165) is 37.2 Å². The third-order valence-electron chi connectivity index (χ3n) is 4.99. The first kappa shape index (κ1) is 17.5. The van der Waals surface area contributed by atoms with Gasteiger partial charge >= 0.3 is 0 Å². The number of amides is 2. The second-order valence-corrected chi connectivity index (χ2v) is 7.05. The van der Waals surface area contributed by atoms with E-state index < -0.39 is 0 Å². The molecule has 0 radical (unpaired) electrons. The molecule has 0 spiro atoms. The second-order valence-electron chi connectivity index (χ2n) is 7.05. The molecule has 4 rings (SSSR count). The number of benzene rings is 1. The van der Waals surface area contributed by atoms with E-state index >= 15 is 0 Å². The number of anilines is 2. The van der Waals surface area contributed by atoms with Gasteiger partial charge in [0, 0.05) is 50.2 Å². The Balaban J connectivity index is 1.27. The van der Waals surface area contributed by atoms with Crippen molar-refractivity contribution in [2.24, 2.45) is 5.92 Å². The SMILES string of the molecule is O=C(Nc1ccc(CC(=O)N2CCN(c3ncccn3)CC2)cc1)C1CC1. The van der Waals surface area contributed by atoms with Gasteiger partial charge in [-0.15, -0.1) is 0 Å². The van der Waals surface area contributed by atoms with Crippen molar-refractivity contribution in [3.05, 3.63) is 48.3 Å². The Hall–Kier alpha value is -2.96. The number of hydrogen-bond acceptors (Lipinski definition) is 5. The van der Waals surface area contributed by atoms with Crippen LogP contribution in [0.5, 0.6) is 0 Å². The van der Waals surface area contributed by atoms with E-state index in [0.29, 0.717) is 25.5 Å². The lowest BCUT2D eigenvalue weighted by molar-refractivity contribution is -0.130. The highest BCUT2D eigenvalue weighted by Gasteiger charge is 2.29. The Bertz CT molecular complexity index is 797. The highest BCUT2D eigenvalue weighted by Crippen LogP contribution is 2.30. The highest BCUT2D eigenvalue weighted by atomic mass is 16.2. The van der Waals surface area contributed by atoms with Gasteiger partial charge in [0.05, 0.1) is 6.42 Å². The minimum Gasteiger partial charge on any atom is -0.339 e. The Morgan fingerprint density at radius 2 is 1.67 bits per heavy atom. The number of piperazine rings is 1. The summed E-state index contributed by atoms with van der Waals surface area (Å²) in [5, 5.41) is 2.92. The molecule has 1 aliphatic carbocycles. The van der Waals surface area contributed by atoms with Crippen LogP contribution >= 0.6 is 0 Å². The van der Waals surface area contributed by atoms with Crippen molar-refractivity contribution in [1.82, 2.24) is 14.9 Å². The Labute approximate surface area is 158 Å². The maximum atomic E-state index is 12.6. The highest BCUT2D eigenvalue weighted by molar-refractivity contribution is 5.94. The number of hydrogen-bond donors (Lipinski definition) is 1. The van der Waals surface area contributed by atoms with Gasteiger partial charge in [-0.25, -0.2) is 9.97 Å². The van der Waals surface area contributed by atoms with Crippen LogP contribution in [0.1, 0.15) is 18.4 Å². The van der Waals surface area contributed by atoms with Crippen LogP contribution < -0.4 is 10.2 Å². The number of nitrogens with zero attached hydrogens (tertiary/aromatic N) is 4. The largest absolute Gasteiger partial charge is 0.339 e. The molecule has 1 N–H and O–H groups in total. The Morgan fingerprint density at radius 3 is 2.30 bits per heavy atom. The molecule has 27 heavy (non-hydrogen) atoms. The molecular formula is C20H23N5O2. The van der Waals surface area contributed by atoms with Gasteiger partial charge in [-0.2, -0.15) is 0 Å². The molecule has 2 aliphatic rings. The van der Waals surface area contributed by atoms with Crippen LogP contribution in [0.15, 0.2) is 42.7 Å². The molecule has 140 valence electrons. The Morgan fingerprint density at radius 1 is 1.00 bits per heavy atom. The standard InChI is InChI=1S/C20H23N5O2/c26-18(24-10-12-25(13-11-24)20-21-8-1-9-22-20)14-15-2-6-17(7-3-15)23-19(27)16-4-5-16/h1-3,6-9,16H,4-5,10-14H2,(H,23,27). The van der Waals surface area contributed by atoms with Crippen LogP contribution in [0.25, 0.3) is 0 Å². The first-order valence-electron chi connectivity index (χ1n) is 9.38. The number of carbonyl (C=O) groups is 2. The molecule has 7 nitrogen and oxygen atoms in total. The lowest BCUT2D eigenvalue weighted by atomic mass is 10.1. The summed E-state index contributed by atoms with van der Waals surface area (Å²) in [7, 11) is 0. The van der Waals surface area contributed by atoms with E-state index in [1.165, 1.54) is 0 Å². The molecule has 2 fully saturated rings. The van der Waals surface area contributed by atoms with Crippen molar-refractivity contribution in [2.45, 2.75) is 19.3 Å². The van der Waals surface area contributed by atoms with Gasteiger partial charge in [0.25, 0.3) is 0 Å². The maximum absolute atomic E-state index is 12.6. The first-order valence-corrected chi connectivity index (χ1v) is 9.38. The molecule has 1 aliphatic heterocycles. The summed E-state index contributed by atoms with van der Waals surface area (Å²) < 4.78 is 0. The zero-order valence-corrected chi connectivity index (χ0v) is 15.2. The summed E-state index contributed by atoms with van der Waals surface area (Å²) in [4.78, 5) is 36.9. The zero-order chi connectivity index (χ0) is 18.6. The van der Waals surface area contributed by atoms with Crippen LogP contribution in [0.4, 0.5) is 11.6 Å². The number of nitrogens with one attached hydrogen (secondary N) is 1. The molecule has 2 amide bonds. The molecule has 2 aromatic rings. The quantitative estimate of drug-likeness (QED) is 0.873. The van der Waals surface area contributed by atoms with Crippen molar-refractivity contribution in [2.75, 3.05) is 36.4 Å². The number of rotatable bonds is 5. The van der Waals surface area contributed by atoms with Crippen molar-refractivity contribution in [3.8, 4) is 0 Å². The van der Waals surface area contributed by atoms with Crippen LogP contribution in [-0.2, 0) is 16.0 Å². The van der Waals surface area contributed by atoms with Crippen LogP contribution in [0.3, 0.4) is 0 Å². The van der Waals surface area contributed by atoms with Crippen molar-refractivity contribution >= 4 is 23.5 Å². The minimum absolute atomic E-state index is 0.0964. The van der Waals surface area contributed by atoms with Crippen molar-refractivity contribution < 1.29 is 9.59 Å². The molecule has 1 saturated carbocycles. The molecule has 0 bridgehead atoms. The first-order chi connectivity index (χ1) is 13.2. The monoisotopic (exact) mass is 365 g/mol. The molecule has 0 atom stereocenters. The number of carbonyl (C=O) groups excluding carboxylic acids is 2. The minimum atomic E-state index is 0.0964. The molecule has 1 aromatic carbocycles. The maximum Gasteiger partial charge on any atom is 0.227 e. The smallest absolute Gasteiger partial charge is 0.227 e. The van der Waals surface area contributed by atoms with E-state index in [4.69, 9.17) is 0 Å². The predicted octanol–water partition coefficient (Wildman–Crippen LogP) is 1.72. The molecule has 1 saturated heterocycles. The zero-order valence-electron chi connectivity index (χ0n) is 15.2. The van der Waals surface area contributed by atoms with Gasteiger partial charge in [0.15, 0.2) is 0 Å². The summed E-state index contributed by atoms with van der Waals surface area (Å²) in [5.41, 5.74) is 1.75. The average molecular weight is 365 g/mol. The molecule has 0 unspecified atom stereocenters. The summed E-state index contributed by atoms with van der Waals surface area (Å²) >= 11 is 0. The van der Waals surface area contributed by atoms with Gasteiger partial charge in [0.2, 0.25) is 17.8 Å². The lowest BCUT2D eigenvalue weighted by Gasteiger charge is -2.34. The fourth-order valence-electron chi connectivity index (χ4n) is 3.19. The summed E-state index contributed by atoms with van der Waals surface area (Å²) in [6.45, 7) is 2.82. The fourth-order valence-corrected chi connectivity index (χ4v) is 3.19. The lowest BCUT2D eigenvalue weighted by Crippen LogP contribution is -2.49. The van der Waals surface area contributed by atoms with Gasteiger partial charge in [-0.1, -0.05) is 12.1 Å². The van der Waals surface area contributed by atoms with Gasteiger partial charge in [0.1, 0.15) is 0 Å². The van der Waals surface area contributed by atoms with E-state index in [-0.39, 0.29) is 17.7 Å². The van der Waals surface area contributed by atoms with Crippen molar-refractivity contribution in [1.29, 1.82) is 0 Å². The normalized spacial score (nSPS) is 16.9. The van der Waals surface area contributed by atoms with E-state index in [9.17, 15) is 9.59 Å². The third kappa shape index (κ3) is 4.42. The van der Waals surface area contributed by atoms with Crippen molar-refractivity contribution in [3.63, 3.8) is 0 Å². The van der Waals surface area contributed by atoms with E-state index in [1.807, 2.05) is 29.2 Å². The average Bonchev–Trinajstić information content (AvgIpc) is 3.56. The van der Waals surface area contributed by atoms with Gasteiger partial charge in [-0.3, -0.25) is 9.59 Å². The molecule has 2 heterocycles. The second kappa shape index (κ2) is 7.73. The van der Waals surface area contributed by atoms with E-state index in [2.05, 4.69) is 20.2 Å². The van der Waals surface area contributed by atoms with E-state index in [1.54, 1.807) is 18.5 Å². The summed E-state index contributed by atoms with van der Waals surface area (Å²) in [6.07, 6.45) is 5.82. The summed E-state index contributed by atoms with van der Waals surface area (Å²) in [6, 6.07) is 9.36. The molecule has 7 heteroatoms.